The highest BCUT2D eigenvalue weighted by Crippen LogP contribution is 2.27. The number of pyridine rings is 1. The van der Waals surface area contributed by atoms with Gasteiger partial charge in [0.1, 0.15) is 5.69 Å². The first-order valence-corrected chi connectivity index (χ1v) is 4.17. The molecule has 0 aliphatic heterocycles. The van der Waals surface area contributed by atoms with Crippen LogP contribution in [0.4, 0.5) is 14.5 Å². The molecule has 2 N–H and O–H groups in total. The van der Waals surface area contributed by atoms with Gasteiger partial charge in [-0.25, -0.2) is 18.6 Å². The lowest BCUT2D eigenvalue weighted by Crippen LogP contribution is -2.09. The predicted octanol–water partition coefficient (Wildman–Crippen LogP) is 2.04. The van der Waals surface area contributed by atoms with Crippen LogP contribution in [0.5, 0.6) is 0 Å². The van der Waals surface area contributed by atoms with Crippen molar-refractivity contribution in [1.82, 2.24) is 4.98 Å². The van der Waals surface area contributed by atoms with Gasteiger partial charge in [0.15, 0.2) is 5.15 Å². The van der Waals surface area contributed by atoms with Crippen molar-refractivity contribution in [1.29, 1.82) is 0 Å². The minimum absolute atomic E-state index is 0.0542. The van der Waals surface area contributed by atoms with E-state index in [9.17, 15) is 13.6 Å². The van der Waals surface area contributed by atoms with Gasteiger partial charge in [0, 0.05) is 0 Å². The van der Waals surface area contributed by atoms with Gasteiger partial charge in [-0.1, -0.05) is 11.6 Å². The molecule has 0 amide bonds. The molecule has 7 heteroatoms. The van der Waals surface area contributed by atoms with Gasteiger partial charge in [-0.2, -0.15) is 0 Å². The van der Waals surface area contributed by atoms with Gasteiger partial charge in [0.2, 0.25) is 0 Å². The first kappa shape index (κ1) is 11.6. The van der Waals surface area contributed by atoms with Crippen LogP contribution in [0, 0.1) is 0 Å². The van der Waals surface area contributed by atoms with Crippen LogP contribution in [0.3, 0.4) is 0 Å². The van der Waals surface area contributed by atoms with E-state index in [1.165, 1.54) is 0 Å². The summed E-state index contributed by atoms with van der Waals surface area (Å²) in [6.45, 7) is 0. The van der Waals surface area contributed by atoms with E-state index in [4.69, 9.17) is 17.3 Å². The molecule has 0 aliphatic carbocycles. The van der Waals surface area contributed by atoms with Gasteiger partial charge >= 0.3 is 5.97 Å². The molecule has 0 saturated heterocycles. The highest BCUT2D eigenvalue weighted by Gasteiger charge is 2.22. The van der Waals surface area contributed by atoms with Crippen LogP contribution in [-0.4, -0.2) is 18.1 Å². The largest absolute Gasteiger partial charge is 0.465 e. The molecule has 1 rings (SSSR count). The van der Waals surface area contributed by atoms with E-state index in [0.717, 1.165) is 13.2 Å². The lowest BCUT2D eigenvalue weighted by atomic mass is 10.2. The first-order chi connectivity index (χ1) is 6.97. The topological polar surface area (TPSA) is 65.2 Å². The molecule has 1 aromatic rings. The van der Waals surface area contributed by atoms with Crippen LogP contribution in [0.15, 0.2) is 6.07 Å². The Morgan fingerprint density at radius 3 is 2.73 bits per heavy atom. The Morgan fingerprint density at radius 2 is 2.27 bits per heavy atom. The highest BCUT2D eigenvalue weighted by molar-refractivity contribution is 6.32. The summed E-state index contributed by atoms with van der Waals surface area (Å²) in [5.41, 5.74) is 4.17. The average molecular weight is 237 g/mol. The molecular formula is C8H7ClF2N2O2. The third-order valence-corrected chi connectivity index (χ3v) is 1.95. The van der Waals surface area contributed by atoms with Crippen LogP contribution in [0.2, 0.25) is 5.15 Å². The summed E-state index contributed by atoms with van der Waals surface area (Å²) in [7, 11) is 1.07. The molecule has 4 nitrogen and oxygen atoms in total. The minimum Gasteiger partial charge on any atom is -0.465 e. The molecule has 0 atom stereocenters. The highest BCUT2D eigenvalue weighted by atomic mass is 35.5. The fourth-order valence-electron chi connectivity index (χ4n) is 0.959. The summed E-state index contributed by atoms with van der Waals surface area (Å²) in [6.07, 6.45) is -2.92. The van der Waals surface area contributed by atoms with Crippen LogP contribution in [-0.2, 0) is 4.74 Å². The number of nitrogens with two attached hydrogens (primary N) is 1. The number of nitrogen functional groups attached to an aromatic ring is 1. The zero-order chi connectivity index (χ0) is 11.6. The fraction of sp³-hybridized carbons (Fsp3) is 0.250. The minimum atomic E-state index is -2.92. The summed E-state index contributed by atoms with van der Waals surface area (Å²) in [5, 5.41) is -0.266. The van der Waals surface area contributed by atoms with Crippen molar-refractivity contribution in [3.8, 4) is 0 Å². The lowest BCUT2D eigenvalue weighted by Gasteiger charge is -2.08. The van der Waals surface area contributed by atoms with Crippen LogP contribution in [0.1, 0.15) is 22.5 Å². The number of hydrogen-bond acceptors (Lipinski definition) is 4. The number of anilines is 1. The van der Waals surface area contributed by atoms with Gasteiger partial charge in [-0.15, -0.1) is 0 Å². The molecular weight excluding hydrogens is 230 g/mol. The number of halogens is 3. The quantitative estimate of drug-likeness (QED) is 0.630. The number of rotatable bonds is 2. The number of carbonyl (C=O) groups is 1. The van der Waals surface area contributed by atoms with Crippen molar-refractivity contribution in [3.05, 3.63) is 22.5 Å². The van der Waals surface area contributed by atoms with E-state index in [-0.39, 0.29) is 16.4 Å². The summed E-state index contributed by atoms with van der Waals surface area (Å²) >= 11 is 5.46. The number of ether oxygens (including phenoxy) is 1. The maximum atomic E-state index is 12.5. The molecule has 15 heavy (non-hydrogen) atoms. The molecule has 0 saturated carbocycles. The number of aromatic nitrogens is 1. The van der Waals surface area contributed by atoms with Crippen molar-refractivity contribution in [2.75, 3.05) is 12.8 Å². The first-order valence-electron chi connectivity index (χ1n) is 3.79. The molecule has 82 valence electrons. The molecule has 0 bridgehead atoms. The van der Waals surface area contributed by atoms with Crippen molar-refractivity contribution in [2.45, 2.75) is 6.43 Å². The van der Waals surface area contributed by atoms with E-state index >= 15 is 0 Å². The molecule has 0 aromatic carbocycles. The third kappa shape index (κ3) is 2.33. The standard InChI is InChI=1S/C8H7ClF2N2O2/c1-15-8(14)3-2-4(12)6(9)13-5(3)7(10)11/h2,7H,12H2,1H3. The van der Waals surface area contributed by atoms with Crippen molar-refractivity contribution in [3.63, 3.8) is 0 Å². The molecule has 1 heterocycles. The van der Waals surface area contributed by atoms with Crippen LogP contribution < -0.4 is 5.73 Å². The van der Waals surface area contributed by atoms with Crippen molar-refractivity contribution in [2.24, 2.45) is 0 Å². The summed E-state index contributed by atoms with van der Waals surface area (Å²) < 4.78 is 29.2. The SMILES string of the molecule is COC(=O)c1cc(N)c(Cl)nc1C(F)F. The average Bonchev–Trinajstić information content (AvgIpc) is 2.20. The van der Waals surface area contributed by atoms with E-state index in [0.29, 0.717) is 0 Å². The number of methoxy groups -OCH3 is 1. The number of nitrogens with zero attached hydrogens (tertiary/aromatic N) is 1. The molecule has 0 unspecified atom stereocenters. The van der Waals surface area contributed by atoms with Gasteiger partial charge in [0.25, 0.3) is 6.43 Å². The predicted molar refractivity (Wildman–Crippen MR) is 50.0 cm³/mol. The zero-order valence-electron chi connectivity index (χ0n) is 7.63. The van der Waals surface area contributed by atoms with Gasteiger partial charge in [0.05, 0.1) is 18.4 Å². The molecule has 0 radical (unpaired) electrons. The summed E-state index contributed by atoms with van der Waals surface area (Å²) in [5.74, 6) is -0.929. The second-order valence-corrected chi connectivity index (χ2v) is 2.95. The lowest BCUT2D eigenvalue weighted by molar-refractivity contribution is 0.0587. The Hall–Kier alpha value is -1.43. The van der Waals surface area contributed by atoms with Crippen molar-refractivity contribution >= 4 is 23.3 Å². The molecule has 1 aromatic heterocycles. The van der Waals surface area contributed by atoms with Crippen molar-refractivity contribution < 1.29 is 18.3 Å². The fourth-order valence-corrected chi connectivity index (χ4v) is 1.10. The number of carbonyl (C=O) groups excluding carboxylic acids is 1. The maximum absolute atomic E-state index is 12.5. The van der Waals surface area contributed by atoms with E-state index in [1.54, 1.807) is 0 Å². The van der Waals surface area contributed by atoms with Gasteiger partial charge in [-0.05, 0) is 6.07 Å². The van der Waals surface area contributed by atoms with E-state index in [1.807, 2.05) is 0 Å². The molecule has 0 fully saturated rings. The zero-order valence-corrected chi connectivity index (χ0v) is 8.39. The molecule has 0 spiro atoms. The number of esters is 1. The van der Waals surface area contributed by atoms with Gasteiger partial charge in [-0.3, -0.25) is 0 Å². The third-order valence-electron chi connectivity index (χ3n) is 1.64. The monoisotopic (exact) mass is 236 g/mol. The van der Waals surface area contributed by atoms with Crippen LogP contribution in [0.25, 0.3) is 0 Å². The Morgan fingerprint density at radius 1 is 1.67 bits per heavy atom. The summed E-state index contributed by atoms with van der Waals surface area (Å²) in [4.78, 5) is 14.4. The Bertz CT molecular complexity index is 398. The normalized spacial score (nSPS) is 10.5. The number of hydrogen-bond donors (Lipinski definition) is 1. The second kappa shape index (κ2) is 4.39. The van der Waals surface area contributed by atoms with Gasteiger partial charge < -0.3 is 10.5 Å². The Balaban J connectivity index is 3.34. The summed E-state index contributed by atoms with van der Waals surface area (Å²) in [6, 6.07) is 1.02. The van der Waals surface area contributed by atoms with E-state index < -0.39 is 18.1 Å². The van der Waals surface area contributed by atoms with Crippen LogP contribution >= 0.6 is 11.6 Å². The smallest absolute Gasteiger partial charge is 0.340 e. The Labute approximate surface area is 89.0 Å². The number of alkyl halides is 2. The van der Waals surface area contributed by atoms with E-state index in [2.05, 4.69) is 9.72 Å². The maximum Gasteiger partial charge on any atom is 0.340 e. The second-order valence-electron chi connectivity index (χ2n) is 2.59. The Kier molecular flexibility index (Phi) is 3.41. The molecule has 0 aliphatic rings.